The van der Waals surface area contributed by atoms with Crippen LogP contribution in [-0.2, 0) is 0 Å². The van der Waals surface area contributed by atoms with Gasteiger partial charge in [0.1, 0.15) is 0 Å². The molecule has 0 saturated carbocycles. The van der Waals surface area contributed by atoms with Gasteiger partial charge in [-0.25, -0.2) is 15.0 Å². The van der Waals surface area contributed by atoms with Gasteiger partial charge in [-0.15, -0.1) is 11.3 Å². The quantitative estimate of drug-likeness (QED) is 0.170. The van der Waals surface area contributed by atoms with Crippen LogP contribution in [0.1, 0.15) is 11.0 Å². The molecule has 56 heavy (non-hydrogen) atoms. The summed E-state index contributed by atoms with van der Waals surface area (Å²) in [7, 11) is 0. The third-order valence-corrected chi connectivity index (χ3v) is 11.3. The van der Waals surface area contributed by atoms with Crippen molar-refractivity contribution in [3.05, 3.63) is 194 Å². The van der Waals surface area contributed by atoms with Crippen molar-refractivity contribution in [2.24, 2.45) is 0 Å². The maximum Gasteiger partial charge on any atom is 0.166 e. The Kier molecular flexibility index (Phi) is 5.92. The molecule has 4 nitrogen and oxygen atoms in total. The normalized spacial score (nSPS) is 13.6. The van der Waals surface area contributed by atoms with Crippen molar-refractivity contribution in [1.82, 2.24) is 19.5 Å². The van der Waals surface area contributed by atoms with Gasteiger partial charge < -0.3 is 4.57 Å². The van der Waals surface area contributed by atoms with Gasteiger partial charge >= 0.3 is 0 Å². The predicted octanol–water partition coefficient (Wildman–Crippen LogP) is 13.7. The van der Waals surface area contributed by atoms with Crippen molar-refractivity contribution < 1.29 is 11.0 Å². The average Bonchev–Trinajstić information content (AvgIpc) is 3.90. The highest BCUT2D eigenvalue weighted by Crippen LogP contribution is 2.42. The second-order valence-electron chi connectivity index (χ2n) is 13.4. The smallest absolute Gasteiger partial charge is 0.166 e. The third-order valence-electron chi connectivity index (χ3n) is 10.1. The summed E-state index contributed by atoms with van der Waals surface area (Å²) in [6, 6.07) is 44.0. The van der Waals surface area contributed by atoms with Crippen LogP contribution in [0.15, 0.2) is 194 Å². The van der Waals surface area contributed by atoms with Crippen molar-refractivity contribution in [1.29, 1.82) is 0 Å². The minimum Gasteiger partial charge on any atom is -0.308 e. The molecule has 5 heteroatoms. The van der Waals surface area contributed by atoms with Gasteiger partial charge in [0.15, 0.2) is 17.5 Å². The molecule has 11 aromatic rings. The second kappa shape index (κ2) is 13.3. The number of hydrogen-bond acceptors (Lipinski definition) is 4. The number of fused-ring (bicyclic) bond motifs is 6. The number of benzene rings is 8. The molecule has 0 unspecified atom stereocenters. The molecule has 3 aromatic heterocycles. The summed E-state index contributed by atoms with van der Waals surface area (Å²) in [6.07, 6.45) is 0. The largest absolute Gasteiger partial charge is 0.308 e. The fourth-order valence-electron chi connectivity index (χ4n) is 7.56. The third kappa shape index (κ3) is 5.40. The van der Waals surface area contributed by atoms with E-state index in [1.807, 2.05) is 109 Å². The van der Waals surface area contributed by atoms with Gasteiger partial charge in [0, 0.05) is 42.1 Å². The summed E-state index contributed by atoms with van der Waals surface area (Å²) in [5, 5.41) is 2.24. The molecule has 0 aliphatic heterocycles. The topological polar surface area (TPSA) is 43.6 Å². The molecular formula is C51H32N4S. The standard InChI is InChI=1S/C51H32N4S/c1-3-15-33(16-4-1)35-19-13-20-36(31-35)38-24-14-27-45(55-43-25-10-7-21-39(43)40-22-8-11-26-44(40)55)48(38)51-53-49(34-17-5-2-6-18-34)52-50(54-51)37-29-30-42-41-23-9-12-28-46(41)56-47(42)32-37/h1-32H/i7D,8D,10D,11D,21D,22D,25D,26D. The first kappa shape index (κ1) is 25.0. The highest BCUT2D eigenvalue weighted by molar-refractivity contribution is 7.25. The Morgan fingerprint density at radius 1 is 0.411 bits per heavy atom. The monoisotopic (exact) mass is 740 g/mol. The first-order valence-corrected chi connectivity index (χ1v) is 18.9. The number of rotatable bonds is 6. The van der Waals surface area contributed by atoms with Crippen LogP contribution in [-0.4, -0.2) is 19.5 Å². The van der Waals surface area contributed by atoms with Crippen molar-refractivity contribution in [3.63, 3.8) is 0 Å². The second-order valence-corrected chi connectivity index (χ2v) is 14.5. The van der Waals surface area contributed by atoms with Crippen LogP contribution < -0.4 is 0 Å². The molecule has 0 aliphatic carbocycles. The van der Waals surface area contributed by atoms with E-state index < -0.39 is 48.3 Å². The van der Waals surface area contributed by atoms with Crippen LogP contribution in [0.25, 0.3) is 104 Å². The molecule has 0 fully saturated rings. The van der Waals surface area contributed by atoms with Gasteiger partial charge in [0.2, 0.25) is 0 Å². The maximum atomic E-state index is 9.34. The van der Waals surface area contributed by atoms with Crippen LogP contribution >= 0.6 is 11.3 Å². The number of thiophene rings is 1. The Bertz CT molecular complexity index is 3640. The maximum absolute atomic E-state index is 9.34. The van der Waals surface area contributed by atoms with E-state index in [9.17, 15) is 2.74 Å². The van der Waals surface area contributed by atoms with Crippen LogP contribution in [0, 0.1) is 0 Å². The van der Waals surface area contributed by atoms with Crippen LogP contribution in [0.2, 0.25) is 0 Å². The lowest BCUT2D eigenvalue weighted by Gasteiger charge is -2.19. The van der Waals surface area contributed by atoms with E-state index in [-0.39, 0.29) is 27.6 Å². The number of para-hydroxylation sites is 2. The highest BCUT2D eigenvalue weighted by Gasteiger charge is 2.23. The molecule has 8 aromatic carbocycles. The fourth-order valence-corrected chi connectivity index (χ4v) is 8.70. The molecule has 0 amide bonds. The van der Waals surface area contributed by atoms with Crippen molar-refractivity contribution in [2.75, 3.05) is 0 Å². The van der Waals surface area contributed by atoms with Gasteiger partial charge in [0.25, 0.3) is 0 Å². The summed E-state index contributed by atoms with van der Waals surface area (Å²) in [6.45, 7) is 0. The van der Waals surface area contributed by atoms with Gasteiger partial charge in [-0.1, -0.05) is 158 Å². The Hall–Kier alpha value is -7.21. The van der Waals surface area contributed by atoms with Crippen molar-refractivity contribution in [2.45, 2.75) is 0 Å². The van der Waals surface area contributed by atoms with Crippen LogP contribution in [0.4, 0.5) is 0 Å². The molecule has 0 spiro atoms. The lowest BCUT2D eigenvalue weighted by Crippen LogP contribution is -2.05. The van der Waals surface area contributed by atoms with Gasteiger partial charge in [-0.3, -0.25) is 0 Å². The molecule has 0 N–H and O–H groups in total. The van der Waals surface area contributed by atoms with E-state index in [1.54, 1.807) is 17.4 Å². The summed E-state index contributed by atoms with van der Waals surface area (Å²) in [5.41, 5.74) is 5.69. The first-order valence-electron chi connectivity index (χ1n) is 22.1. The summed E-state index contributed by atoms with van der Waals surface area (Å²) in [4.78, 5) is 15.5. The Balaban J connectivity index is 1.29. The molecule has 0 bridgehead atoms. The highest BCUT2D eigenvalue weighted by atomic mass is 32.1. The zero-order valence-corrected chi connectivity index (χ0v) is 30.4. The van der Waals surface area contributed by atoms with E-state index >= 15 is 0 Å². The number of hydrogen-bond donors (Lipinski definition) is 0. The SMILES string of the molecule is [2H]c1c([2H])c([2H])c2c(c1[2H])c1c([2H])c([2H])c([2H])c([2H])c1n2-c1cccc(-c2cccc(-c3ccccc3)c2)c1-c1nc(-c2ccccc2)nc(-c2ccc3c(c2)sc2ccccc23)n1. The molecule has 3 heterocycles. The minimum atomic E-state index is -0.513. The minimum absolute atomic E-state index is 0.00258. The first-order chi connectivity index (χ1) is 31.1. The van der Waals surface area contributed by atoms with Crippen molar-refractivity contribution >= 4 is 53.3 Å². The zero-order chi connectivity index (χ0) is 44.0. The summed E-state index contributed by atoms with van der Waals surface area (Å²) in [5.74, 6) is 1.03. The van der Waals surface area contributed by atoms with E-state index in [4.69, 9.17) is 23.2 Å². The summed E-state index contributed by atoms with van der Waals surface area (Å²) < 4.78 is 75.7. The van der Waals surface area contributed by atoms with E-state index in [2.05, 4.69) is 30.3 Å². The Morgan fingerprint density at radius 2 is 1.00 bits per heavy atom. The molecular weight excluding hydrogens is 701 g/mol. The summed E-state index contributed by atoms with van der Waals surface area (Å²) >= 11 is 1.68. The van der Waals surface area contributed by atoms with E-state index in [0.717, 1.165) is 48.0 Å². The van der Waals surface area contributed by atoms with Crippen molar-refractivity contribution in [3.8, 4) is 62.1 Å². The Morgan fingerprint density at radius 3 is 1.77 bits per heavy atom. The molecule has 0 saturated heterocycles. The van der Waals surface area contributed by atoms with Crippen LogP contribution in [0.3, 0.4) is 0 Å². The molecule has 0 aliphatic rings. The van der Waals surface area contributed by atoms with Gasteiger partial charge in [-0.2, -0.15) is 0 Å². The fraction of sp³-hybridized carbons (Fsp3) is 0. The lowest BCUT2D eigenvalue weighted by atomic mass is 9.94. The number of nitrogens with zero attached hydrogens (tertiary/aromatic N) is 4. The molecule has 0 radical (unpaired) electrons. The number of aromatic nitrogens is 4. The van der Waals surface area contributed by atoms with Gasteiger partial charge in [0.05, 0.1) is 33.3 Å². The molecule has 262 valence electrons. The Labute approximate surface area is 338 Å². The average molecular weight is 741 g/mol. The predicted molar refractivity (Wildman–Crippen MR) is 234 cm³/mol. The zero-order valence-electron chi connectivity index (χ0n) is 37.6. The lowest BCUT2D eigenvalue weighted by molar-refractivity contribution is 1.07. The van der Waals surface area contributed by atoms with E-state index in [0.29, 0.717) is 28.5 Å². The van der Waals surface area contributed by atoms with Gasteiger partial charge in [-0.05, 0) is 58.6 Å². The molecule has 11 rings (SSSR count). The molecule has 0 atom stereocenters. The van der Waals surface area contributed by atoms with Crippen LogP contribution in [0.5, 0.6) is 0 Å². The van der Waals surface area contributed by atoms with E-state index in [1.165, 1.54) is 4.57 Å².